The molecule has 3 aromatic rings. The fraction of sp³-hybridized carbons (Fsp3) is 0.385. The summed E-state index contributed by atoms with van der Waals surface area (Å²) < 4.78 is 5.26. The Morgan fingerprint density at radius 2 is 1.88 bits per heavy atom. The molecule has 1 aliphatic heterocycles. The maximum absolute atomic E-state index is 12.7. The number of hydrogen-bond donors (Lipinski definition) is 1. The molecular weight excluding hydrogens is 400 g/mol. The smallest absolute Gasteiger partial charge is 0.253 e. The highest BCUT2D eigenvalue weighted by Crippen LogP contribution is 2.22. The van der Waals surface area contributed by atoms with Gasteiger partial charge in [-0.25, -0.2) is 0 Å². The van der Waals surface area contributed by atoms with Crippen LogP contribution in [0.4, 0.5) is 5.69 Å². The van der Waals surface area contributed by atoms with Crippen molar-refractivity contribution in [1.29, 1.82) is 0 Å². The Hall–Kier alpha value is -3.12. The molecular formula is C26H32N4O2. The molecule has 1 aliphatic rings. The molecule has 0 unspecified atom stereocenters. The zero-order chi connectivity index (χ0) is 22.5. The van der Waals surface area contributed by atoms with Crippen LogP contribution in [0, 0.1) is 13.8 Å². The van der Waals surface area contributed by atoms with E-state index in [2.05, 4.69) is 51.3 Å². The number of aromatic nitrogens is 1. The molecule has 0 atom stereocenters. The maximum Gasteiger partial charge on any atom is 0.253 e. The molecule has 1 N–H and O–H groups in total. The van der Waals surface area contributed by atoms with Crippen LogP contribution in [0.1, 0.15) is 28.0 Å². The van der Waals surface area contributed by atoms with Gasteiger partial charge in [0.15, 0.2) is 0 Å². The Morgan fingerprint density at radius 1 is 1.06 bits per heavy atom. The lowest BCUT2D eigenvalue weighted by Gasteiger charge is -2.36. The second-order valence-corrected chi connectivity index (χ2v) is 8.46. The number of ether oxygens (including phenoxy) is 1. The number of carbonyl (C=O) groups is 1. The molecule has 168 valence electrons. The molecule has 1 fully saturated rings. The summed E-state index contributed by atoms with van der Waals surface area (Å²) in [5.41, 5.74) is 4.82. The third-order valence-electron chi connectivity index (χ3n) is 6.14. The Balaban J connectivity index is 1.24. The Bertz CT molecular complexity index is 1090. The highest BCUT2D eigenvalue weighted by atomic mass is 16.5. The summed E-state index contributed by atoms with van der Waals surface area (Å²) in [5.74, 6) is 0.707. The van der Waals surface area contributed by atoms with Crippen molar-refractivity contribution in [3.8, 4) is 5.75 Å². The zero-order valence-corrected chi connectivity index (χ0v) is 19.2. The minimum absolute atomic E-state index is 0.0583. The minimum Gasteiger partial charge on any atom is -0.497 e. The van der Waals surface area contributed by atoms with Crippen molar-refractivity contribution in [2.45, 2.75) is 20.3 Å². The van der Waals surface area contributed by atoms with Gasteiger partial charge < -0.3 is 15.0 Å². The van der Waals surface area contributed by atoms with E-state index in [0.717, 1.165) is 61.5 Å². The van der Waals surface area contributed by atoms with E-state index in [1.807, 2.05) is 31.2 Å². The number of aryl methyl sites for hydroxylation is 2. The normalized spacial score (nSPS) is 14.5. The fourth-order valence-corrected chi connectivity index (χ4v) is 4.25. The largest absolute Gasteiger partial charge is 0.497 e. The van der Waals surface area contributed by atoms with Crippen LogP contribution in [0.2, 0.25) is 0 Å². The number of piperazine rings is 1. The van der Waals surface area contributed by atoms with E-state index >= 15 is 0 Å². The van der Waals surface area contributed by atoms with E-state index in [-0.39, 0.29) is 5.91 Å². The number of amides is 1. The second-order valence-electron chi connectivity index (χ2n) is 8.46. The van der Waals surface area contributed by atoms with Gasteiger partial charge in [0.25, 0.3) is 5.91 Å². The van der Waals surface area contributed by atoms with E-state index in [4.69, 9.17) is 4.74 Å². The first kappa shape index (κ1) is 22.1. The summed E-state index contributed by atoms with van der Waals surface area (Å²) in [6.07, 6.45) is 0.938. The van der Waals surface area contributed by atoms with Crippen LogP contribution in [0.25, 0.3) is 10.9 Å². The van der Waals surface area contributed by atoms with E-state index < -0.39 is 0 Å². The third kappa shape index (κ3) is 5.19. The van der Waals surface area contributed by atoms with E-state index in [1.165, 1.54) is 11.3 Å². The molecule has 0 aliphatic carbocycles. The van der Waals surface area contributed by atoms with Gasteiger partial charge in [0, 0.05) is 49.9 Å². The standard InChI is InChI=1S/C26H32N4O2/c1-19-6-4-7-22(16-19)30-14-12-29(13-15-30)11-5-10-27-26(31)24-17-21-8-9-23(32-3)18-25(21)28-20(24)2/h4,6-9,16-18H,5,10-15H2,1-3H3,(H,27,31). The number of carbonyl (C=O) groups excluding carboxylic acids is 1. The topological polar surface area (TPSA) is 57.7 Å². The van der Waals surface area contributed by atoms with Crippen molar-refractivity contribution in [3.63, 3.8) is 0 Å². The van der Waals surface area contributed by atoms with Gasteiger partial charge in [0.05, 0.1) is 23.9 Å². The number of methoxy groups -OCH3 is 1. The van der Waals surface area contributed by atoms with Gasteiger partial charge in [-0.2, -0.15) is 0 Å². The van der Waals surface area contributed by atoms with Gasteiger partial charge in [-0.05, 0) is 62.7 Å². The Kier molecular flexibility index (Phi) is 6.90. The molecule has 1 aromatic heterocycles. The predicted octanol–water partition coefficient (Wildman–Crippen LogP) is 3.80. The molecule has 4 rings (SSSR count). The highest BCUT2D eigenvalue weighted by Gasteiger charge is 2.17. The molecule has 0 radical (unpaired) electrons. The van der Waals surface area contributed by atoms with Crippen LogP contribution >= 0.6 is 0 Å². The monoisotopic (exact) mass is 432 g/mol. The molecule has 32 heavy (non-hydrogen) atoms. The van der Waals surface area contributed by atoms with Crippen molar-refractivity contribution in [2.75, 3.05) is 51.3 Å². The molecule has 0 bridgehead atoms. The zero-order valence-electron chi connectivity index (χ0n) is 19.2. The number of hydrogen-bond acceptors (Lipinski definition) is 5. The molecule has 6 heteroatoms. The van der Waals surface area contributed by atoms with E-state index in [0.29, 0.717) is 12.1 Å². The lowest BCUT2D eigenvalue weighted by atomic mass is 10.1. The van der Waals surface area contributed by atoms with Gasteiger partial charge in [0.1, 0.15) is 5.75 Å². The number of pyridine rings is 1. The Morgan fingerprint density at radius 3 is 2.62 bits per heavy atom. The average Bonchev–Trinajstić information content (AvgIpc) is 2.81. The first-order chi connectivity index (χ1) is 15.5. The third-order valence-corrected chi connectivity index (χ3v) is 6.14. The molecule has 0 saturated carbocycles. The van der Waals surface area contributed by atoms with Crippen molar-refractivity contribution in [3.05, 3.63) is 65.4 Å². The summed E-state index contributed by atoms with van der Waals surface area (Å²) in [6.45, 7) is 9.87. The molecule has 0 spiro atoms. The molecule has 1 saturated heterocycles. The van der Waals surface area contributed by atoms with Crippen LogP contribution < -0.4 is 15.0 Å². The van der Waals surface area contributed by atoms with Crippen molar-refractivity contribution in [1.82, 2.24) is 15.2 Å². The first-order valence-electron chi connectivity index (χ1n) is 11.3. The van der Waals surface area contributed by atoms with E-state index in [1.54, 1.807) is 7.11 Å². The van der Waals surface area contributed by atoms with Crippen LogP contribution in [-0.4, -0.2) is 62.2 Å². The fourth-order valence-electron chi connectivity index (χ4n) is 4.25. The van der Waals surface area contributed by atoms with Crippen LogP contribution in [0.15, 0.2) is 48.5 Å². The van der Waals surface area contributed by atoms with Gasteiger partial charge in [-0.15, -0.1) is 0 Å². The van der Waals surface area contributed by atoms with Gasteiger partial charge in [0.2, 0.25) is 0 Å². The van der Waals surface area contributed by atoms with Crippen LogP contribution in [0.3, 0.4) is 0 Å². The number of nitrogens with one attached hydrogen (secondary N) is 1. The van der Waals surface area contributed by atoms with Crippen molar-refractivity contribution >= 4 is 22.5 Å². The van der Waals surface area contributed by atoms with E-state index in [9.17, 15) is 4.79 Å². The van der Waals surface area contributed by atoms with Gasteiger partial charge in [-0.1, -0.05) is 12.1 Å². The summed E-state index contributed by atoms with van der Waals surface area (Å²) in [6, 6.07) is 16.3. The van der Waals surface area contributed by atoms with Crippen molar-refractivity contribution in [2.24, 2.45) is 0 Å². The second kappa shape index (κ2) is 10.0. The van der Waals surface area contributed by atoms with Gasteiger partial charge in [-0.3, -0.25) is 14.7 Å². The summed E-state index contributed by atoms with van der Waals surface area (Å²) in [5, 5.41) is 4.00. The lowest BCUT2D eigenvalue weighted by molar-refractivity contribution is 0.0950. The summed E-state index contributed by atoms with van der Waals surface area (Å²) >= 11 is 0. The molecule has 1 amide bonds. The summed E-state index contributed by atoms with van der Waals surface area (Å²) in [4.78, 5) is 22.2. The highest BCUT2D eigenvalue weighted by molar-refractivity contribution is 5.98. The number of fused-ring (bicyclic) bond motifs is 1. The number of rotatable bonds is 7. The van der Waals surface area contributed by atoms with Crippen molar-refractivity contribution < 1.29 is 9.53 Å². The summed E-state index contributed by atoms with van der Waals surface area (Å²) in [7, 11) is 1.64. The quantitative estimate of drug-likeness (QED) is 0.576. The first-order valence-corrected chi connectivity index (χ1v) is 11.3. The van der Waals surface area contributed by atoms with Crippen LogP contribution in [-0.2, 0) is 0 Å². The SMILES string of the molecule is COc1ccc2cc(C(=O)NCCCN3CCN(c4cccc(C)c4)CC3)c(C)nc2c1. The number of nitrogens with zero attached hydrogens (tertiary/aromatic N) is 3. The average molecular weight is 433 g/mol. The number of anilines is 1. The molecule has 6 nitrogen and oxygen atoms in total. The predicted molar refractivity (Wildman–Crippen MR) is 130 cm³/mol. The maximum atomic E-state index is 12.7. The molecule has 2 heterocycles. The Labute approximate surface area is 190 Å². The lowest BCUT2D eigenvalue weighted by Crippen LogP contribution is -2.47. The van der Waals surface area contributed by atoms with Crippen LogP contribution in [0.5, 0.6) is 5.75 Å². The molecule has 2 aromatic carbocycles. The minimum atomic E-state index is -0.0583. The van der Waals surface area contributed by atoms with Gasteiger partial charge >= 0.3 is 0 Å². The number of benzene rings is 2.